The van der Waals surface area contributed by atoms with Crippen LogP contribution < -0.4 is 10.1 Å². The quantitative estimate of drug-likeness (QED) is 0.321. The predicted molar refractivity (Wildman–Crippen MR) is 79.6 cm³/mol. The first-order valence-electron chi connectivity index (χ1n) is 6.76. The van der Waals surface area contributed by atoms with Gasteiger partial charge in [0.15, 0.2) is 0 Å². The molecule has 1 amide bonds. The molecular formula is C14H17FN4O4. The van der Waals surface area contributed by atoms with Gasteiger partial charge in [-0.15, -0.1) is 0 Å². The maximum absolute atomic E-state index is 12.0. The molecular weight excluding hydrogens is 307 g/mol. The number of amides is 1. The van der Waals surface area contributed by atoms with Crippen molar-refractivity contribution in [1.29, 1.82) is 0 Å². The van der Waals surface area contributed by atoms with Crippen molar-refractivity contribution in [2.75, 3.05) is 26.9 Å². The molecule has 0 aliphatic carbocycles. The second-order valence-electron chi connectivity index (χ2n) is 4.42. The topological polar surface area (TPSA) is 113 Å². The van der Waals surface area contributed by atoms with Gasteiger partial charge in [-0.1, -0.05) is 17.2 Å². The highest BCUT2D eigenvalue weighted by molar-refractivity contribution is 5.85. The molecule has 23 heavy (non-hydrogen) atoms. The van der Waals surface area contributed by atoms with Gasteiger partial charge in [0.2, 0.25) is 5.91 Å². The second kappa shape index (κ2) is 10.0. The molecule has 1 atom stereocenters. The van der Waals surface area contributed by atoms with Crippen LogP contribution in [0.4, 0.5) is 4.39 Å². The van der Waals surface area contributed by atoms with Crippen molar-refractivity contribution in [2.45, 2.75) is 12.5 Å². The number of alkyl halides is 1. The fraction of sp³-hybridized carbons (Fsp3) is 0.429. The van der Waals surface area contributed by atoms with E-state index in [9.17, 15) is 14.0 Å². The number of methoxy groups -OCH3 is 1. The van der Waals surface area contributed by atoms with E-state index >= 15 is 0 Å². The first kappa shape index (κ1) is 18.2. The van der Waals surface area contributed by atoms with Gasteiger partial charge in [-0.2, -0.15) is 0 Å². The van der Waals surface area contributed by atoms with Crippen LogP contribution >= 0.6 is 0 Å². The summed E-state index contributed by atoms with van der Waals surface area (Å²) < 4.78 is 21.8. The largest absolute Gasteiger partial charge is 0.491 e. The standard InChI is InChI=1S/C14H17FN4O4/c1-22-14(21)12(18-13(20)9-17-19-16)8-10-2-4-11(5-3-10)23-7-6-15/h2-5,12H,6-9H2,1H3,(H,18,20). The van der Waals surface area contributed by atoms with Crippen molar-refractivity contribution < 1.29 is 23.5 Å². The molecule has 1 rings (SSSR count). The summed E-state index contributed by atoms with van der Waals surface area (Å²) in [7, 11) is 1.21. The van der Waals surface area contributed by atoms with E-state index in [1.54, 1.807) is 24.3 Å². The number of carbonyl (C=O) groups excluding carboxylic acids is 2. The third-order valence-corrected chi connectivity index (χ3v) is 2.81. The lowest BCUT2D eigenvalue weighted by Gasteiger charge is -2.16. The van der Waals surface area contributed by atoms with Gasteiger partial charge >= 0.3 is 5.97 Å². The Morgan fingerprint density at radius 1 is 1.39 bits per heavy atom. The normalized spacial score (nSPS) is 11.0. The van der Waals surface area contributed by atoms with Crippen molar-refractivity contribution in [3.8, 4) is 5.75 Å². The lowest BCUT2D eigenvalue weighted by atomic mass is 10.1. The van der Waals surface area contributed by atoms with Gasteiger partial charge in [0.25, 0.3) is 0 Å². The summed E-state index contributed by atoms with van der Waals surface area (Å²) in [5, 5.41) is 5.57. The SMILES string of the molecule is COC(=O)C(Cc1ccc(OCCF)cc1)NC(=O)CN=[N+]=[N-]. The van der Waals surface area contributed by atoms with Crippen molar-refractivity contribution in [2.24, 2.45) is 5.11 Å². The van der Waals surface area contributed by atoms with Crippen LogP contribution in [0.25, 0.3) is 10.4 Å². The van der Waals surface area contributed by atoms with Gasteiger partial charge in [0.1, 0.15) is 31.6 Å². The molecule has 0 spiro atoms. The van der Waals surface area contributed by atoms with Gasteiger partial charge in [0, 0.05) is 11.3 Å². The average Bonchev–Trinajstić information content (AvgIpc) is 2.58. The number of rotatable bonds is 9. The zero-order valence-corrected chi connectivity index (χ0v) is 12.6. The smallest absolute Gasteiger partial charge is 0.328 e. The van der Waals surface area contributed by atoms with Crippen LogP contribution in [-0.2, 0) is 20.7 Å². The fourth-order valence-corrected chi connectivity index (χ4v) is 1.79. The number of azide groups is 1. The summed E-state index contributed by atoms with van der Waals surface area (Å²) in [5.41, 5.74) is 8.93. The van der Waals surface area contributed by atoms with Gasteiger partial charge in [-0.05, 0) is 23.2 Å². The summed E-state index contributed by atoms with van der Waals surface area (Å²) in [6.07, 6.45) is 0.193. The van der Waals surface area contributed by atoms with Crippen LogP contribution in [0, 0.1) is 0 Å². The molecule has 0 aliphatic heterocycles. The van der Waals surface area contributed by atoms with E-state index in [0.717, 1.165) is 5.56 Å². The maximum Gasteiger partial charge on any atom is 0.328 e. The Morgan fingerprint density at radius 2 is 2.09 bits per heavy atom. The molecule has 0 radical (unpaired) electrons. The van der Waals surface area contributed by atoms with E-state index in [1.165, 1.54) is 7.11 Å². The van der Waals surface area contributed by atoms with E-state index in [0.29, 0.717) is 5.75 Å². The molecule has 8 nitrogen and oxygen atoms in total. The Labute approximate surface area is 132 Å². The predicted octanol–water partition coefficient (Wildman–Crippen LogP) is 1.55. The van der Waals surface area contributed by atoms with Crippen LogP contribution in [0.3, 0.4) is 0 Å². The molecule has 1 N–H and O–H groups in total. The lowest BCUT2D eigenvalue weighted by Crippen LogP contribution is -2.43. The van der Waals surface area contributed by atoms with Gasteiger partial charge in [-0.25, -0.2) is 9.18 Å². The molecule has 0 saturated heterocycles. The van der Waals surface area contributed by atoms with Crippen LogP contribution in [-0.4, -0.2) is 44.9 Å². The van der Waals surface area contributed by atoms with Crippen molar-refractivity contribution in [3.63, 3.8) is 0 Å². The lowest BCUT2D eigenvalue weighted by molar-refractivity contribution is -0.144. The number of ether oxygens (including phenoxy) is 2. The molecule has 0 saturated carbocycles. The number of nitrogens with zero attached hydrogens (tertiary/aromatic N) is 3. The van der Waals surface area contributed by atoms with E-state index in [-0.39, 0.29) is 13.0 Å². The van der Waals surface area contributed by atoms with E-state index in [2.05, 4.69) is 20.1 Å². The van der Waals surface area contributed by atoms with Gasteiger partial charge in [0.05, 0.1) is 7.11 Å². The van der Waals surface area contributed by atoms with Crippen LogP contribution in [0.1, 0.15) is 5.56 Å². The second-order valence-corrected chi connectivity index (χ2v) is 4.42. The number of benzene rings is 1. The zero-order chi connectivity index (χ0) is 17.1. The molecule has 0 aromatic heterocycles. The van der Waals surface area contributed by atoms with Gasteiger partial charge < -0.3 is 14.8 Å². The maximum atomic E-state index is 12.0. The first-order valence-corrected chi connectivity index (χ1v) is 6.76. The molecule has 1 unspecified atom stereocenters. The minimum atomic E-state index is -0.904. The van der Waals surface area contributed by atoms with E-state index < -0.39 is 31.1 Å². The fourth-order valence-electron chi connectivity index (χ4n) is 1.79. The van der Waals surface area contributed by atoms with E-state index in [1.807, 2.05) is 0 Å². The molecule has 0 aliphatic rings. The summed E-state index contributed by atoms with van der Waals surface area (Å²) >= 11 is 0. The Kier molecular flexibility index (Phi) is 7.95. The number of hydrogen-bond acceptors (Lipinski definition) is 5. The minimum absolute atomic E-state index is 0.0282. The Balaban J connectivity index is 2.70. The molecule has 1 aromatic carbocycles. The van der Waals surface area contributed by atoms with Crippen LogP contribution in [0.15, 0.2) is 29.4 Å². The number of esters is 1. The van der Waals surface area contributed by atoms with Crippen molar-refractivity contribution >= 4 is 11.9 Å². The van der Waals surface area contributed by atoms with Crippen molar-refractivity contribution in [1.82, 2.24) is 5.32 Å². The summed E-state index contributed by atoms with van der Waals surface area (Å²) in [5.74, 6) is -0.688. The van der Waals surface area contributed by atoms with E-state index in [4.69, 9.17) is 10.3 Å². The van der Waals surface area contributed by atoms with Crippen LogP contribution in [0.2, 0.25) is 0 Å². The van der Waals surface area contributed by atoms with Gasteiger partial charge in [-0.3, -0.25) is 4.79 Å². The number of nitrogens with one attached hydrogen (secondary N) is 1. The highest BCUT2D eigenvalue weighted by Crippen LogP contribution is 2.14. The highest BCUT2D eigenvalue weighted by Gasteiger charge is 2.21. The first-order chi connectivity index (χ1) is 11.1. The molecule has 0 heterocycles. The molecule has 9 heteroatoms. The van der Waals surface area contributed by atoms with Crippen LogP contribution in [0.5, 0.6) is 5.75 Å². The monoisotopic (exact) mass is 324 g/mol. The molecule has 1 aromatic rings. The minimum Gasteiger partial charge on any atom is -0.491 e. The molecule has 0 fully saturated rings. The number of carbonyl (C=O) groups is 2. The number of halogens is 1. The summed E-state index contributed by atoms with van der Waals surface area (Å²) in [6, 6.07) is 5.77. The summed E-state index contributed by atoms with van der Waals surface area (Å²) in [6.45, 7) is -1.01. The molecule has 124 valence electrons. The third-order valence-electron chi connectivity index (χ3n) is 2.81. The third kappa shape index (κ3) is 6.66. The van der Waals surface area contributed by atoms with Crippen molar-refractivity contribution in [3.05, 3.63) is 40.3 Å². The highest BCUT2D eigenvalue weighted by atomic mass is 19.1. The summed E-state index contributed by atoms with van der Waals surface area (Å²) in [4.78, 5) is 25.8. The number of hydrogen-bond donors (Lipinski definition) is 1. The molecule has 0 bridgehead atoms. The Morgan fingerprint density at radius 3 is 2.65 bits per heavy atom. The average molecular weight is 324 g/mol. The zero-order valence-electron chi connectivity index (χ0n) is 12.6. The Bertz CT molecular complexity index is 573. The Hall–Kier alpha value is -2.80.